The quantitative estimate of drug-likeness (QED) is 0.293. The number of benzene rings is 1. The molecule has 222 valence electrons. The summed E-state index contributed by atoms with van der Waals surface area (Å²) in [5.41, 5.74) is -2.18. The van der Waals surface area contributed by atoms with Gasteiger partial charge in [-0.15, -0.1) is 5.10 Å². The normalized spacial score (nSPS) is 17.5. The number of fused-ring (bicyclic) bond motifs is 1. The Hall–Kier alpha value is -3.62. The van der Waals surface area contributed by atoms with Gasteiger partial charge in [-0.25, -0.2) is 9.78 Å². The van der Waals surface area contributed by atoms with Crippen molar-refractivity contribution in [3.63, 3.8) is 0 Å². The molecule has 3 heterocycles. The number of carbonyl (C=O) groups excluding carboxylic acids is 1. The highest BCUT2D eigenvalue weighted by Crippen LogP contribution is 2.44. The summed E-state index contributed by atoms with van der Waals surface area (Å²) in [6.45, 7) is 4.78. The molecule has 0 saturated heterocycles. The Kier molecular flexibility index (Phi) is 8.39. The Morgan fingerprint density at radius 2 is 1.85 bits per heavy atom. The number of nitrogens with zero attached hydrogens (tertiary/aromatic N) is 7. The van der Waals surface area contributed by atoms with Gasteiger partial charge < -0.3 is 9.64 Å². The molecule has 0 aliphatic carbocycles. The van der Waals surface area contributed by atoms with Gasteiger partial charge in [0.05, 0.1) is 36.1 Å². The topological polar surface area (TPSA) is 89.3 Å². The lowest BCUT2D eigenvalue weighted by molar-refractivity contribution is -0.141. The fourth-order valence-corrected chi connectivity index (χ4v) is 4.94. The number of aromatic nitrogens is 5. The average Bonchev–Trinajstić information content (AvgIpc) is 3.30. The fraction of sp³-hybridized carbons (Fsp3) is 0.480. The molecule has 41 heavy (non-hydrogen) atoms. The van der Waals surface area contributed by atoms with E-state index in [-0.39, 0.29) is 40.9 Å². The van der Waals surface area contributed by atoms with Crippen molar-refractivity contribution in [3.05, 3.63) is 57.9 Å². The molecular formula is C25H26ClF6N7O2. The van der Waals surface area contributed by atoms with Crippen LogP contribution in [-0.4, -0.2) is 43.4 Å². The average molecular weight is 606 g/mol. The van der Waals surface area contributed by atoms with Crippen LogP contribution < -0.4 is 9.80 Å². The van der Waals surface area contributed by atoms with E-state index in [1.165, 1.54) is 22.9 Å². The predicted molar refractivity (Wildman–Crippen MR) is 136 cm³/mol. The maximum Gasteiger partial charge on any atom is 0.433 e. The molecule has 9 nitrogen and oxygen atoms in total. The molecule has 1 aliphatic rings. The van der Waals surface area contributed by atoms with E-state index >= 15 is 0 Å². The minimum atomic E-state index is -4.81. The summed E-state index contributed by atoms with van der Waals surface area (Å²) in [4.78, 5) is 20.8. The number of pyridine rings is 1. The fourth-order valence-electron chi connectivity index (χ4n) is 4.69. The van der Waals surface area contributed by atoms with E-state index in [4.69, 9.17) is 16.3 Å². The van der Waals surface area contributed by atoms with Gasteiger partial charge in [-0.3, -0.25) is 4.90 Å². The zero-order valence-electron chi connectivity index (χ0n) is 22.3. The number of carbonyl (C=O) groups is 1. The Morgan fingerprint density at radius 1 is 1.15 bits per heavy atom. The summed E-state index contributed by atoms with van der Waals surface area (Å²) in [7, 11) is 1.46. The first-order valence-corrected chi connectivity index (χ1v) is 12.9. The number of ether oxygens (including phenoxy) is 1. The van der Waals surface area contributed by atoms with Crippen LogP contribution in [0.1, 0.15) is 62.2 Å². The number of rotatable bonds is 6. The number of tetrazole rings is 1. The molecule has 4 rings (SSSR count). The minimum Gasteiger partial charge on any atom is -0.446 e. The van der Waals surface area contributed by atoms with E-state index in [0.717, 1.165) is 29.1 Å². The van der Waals surface area contributed by atoms with Gasteiger partial charge in [-0.1, -0.05) is 23.6 Å². The summed E-state index contributed by atoms with van der Waals surface area (Å²) < 4.78 is 87.4. The van der Waals surface area contributed by atoms with Crippen molar-refractivity contribution in [2.75, 3.05) is 9.80 Å². The smallest absolute Gasteiger partial charge is 0.433 e. The Bertz CT molecular complexity index is 1410. The number of alkyl halides is 6. The lowest BCUT2D eigenvalue weighted by Gasteiger charge is -2.43. The molecule has 0 spiro atoms. The van der Waals surface area contributed by atoms with Crippen LogP contribution in [0.3, 0.4) is 0 Å². The van der Waals surface area contributed by atoms with Crippen LogP contribution in [0.15, 0.2) is 30.3 Å². The second kappa shape index (κ2) is 11.3. The summed E-state index contributed by atoms with van der Waals surface area (Å²) in [5.74, 6) is -0.0655. The van der Waals surface area contributed by atoms with Crippen LogP contribution in [-0.2, 0) is 30.7 Å². The van der Waals surface area contributed by atoms with Crippen molar-refractivity contribution in [1.82, 2.24) is 25.2 Å². The highest BCUT2D eigenvalue weighted by Gasteiger charge is 2.43. The number of hydrogen-bond donors (Lipinski definition) is 0. The monoisotopic (exact) mass is 605 g/mol. The second-order valence-corrected chi connectivity index (χ2v) is 10.2. The second-order valence-electron chi connectivity index (χ2n) is 9.77. The van der Waals surface area contributed by atoms with Gasteiger partial charge in [0.1, 0.15) is 5.69 Å². The summed E-state index contributed by atoms with van der Waals surface area (Å²) in [6.07, 6.45) is -10.4. The first-order valence-electron chi connectivity index (χ1n) is 12.5. The zero-order chi connectivity index (χ0) is 30.3. The molecule has 1 aromatic carbocycles. The molecule has 3 aromatic rings. The maximum atomic E-state index is 13.8. The molecule has 0 radical (unpaired) electrons. The third-order valence-electron chi connectivity index (χ3n) is 6.40. The zero-order valence-corrected chi connectivity index (χ0v) is 23.1. The van der Waals surface area contributed by atoms with Gasteiger partial charge in [0.2, 0.25) is 0 Å². The Labute approximate surface area is 236 Å². The molecule has 0 N–H and O–H groups in total. The van der Waals surface area contributed by atoms with Crippen molar-refractivity contribution >= 4 is 29.3 Å². The summed E-state index contributed by atoms with van der Waals surface area (Å²) in [5, 5.41) is 11.8. The van der Waals surface area contributed by atoms with Crippen LogP contribution in [0, 0.1) is 0 Å². The number of anilines is 2. The van der Waals surface area contributed by atoms with Gasteiger partial charge in [-0.05, 0) is 67.8 Å². The minimum absolute atomic E-state index is 0.0377. The molecule has 2 aromatic heterocycles. The predicted octanol–water partition coefficient (Wildman–Crippen LogP) is 6.58. The highest BCUT2D eigenvalue weighted by atomic mass is 35.5. The first-order chi connectivity index (χ1) is 19.1. The van der Waals surface area contributed by atoms with Gasteiger partial charge >= 0.3 is 18.4 Å². The SMILES string of the molecule is CC[C@@H]1C[C@@H](N(Cc2cc(Cl)cc(C(F)(F)F)c2)c2nnn(C)n2)c2nc(C(F)(F)F)ccc2N1C(=O)OC(C)C. The van der Waals surface area contributed by atoms with Crippen molar-refractivity contribution in [2.24, 2.45) is 7.05 Å². The lowest BCUT2D eigenvalue weighted by atomic mass is 9.91. The van der Waals surface area contributed by atoms with Crippen LogP contribution in [0.5, 0.6) is 0 Å². The van der Waals surface area contributed by atoms with E-state index in [1.54, 1.807) is 20.8 Å². The van der Waals surface area contributed by atoms with Crippen LogP contribution >= 0.6 is 11.6 Å². The maximum absolute atomic E-state index is 13.8. The van der Waals surface area contributed by atoms with Gasteiger partial charge in [0.25, 0.3) is 5.95 Å². The third kappa shape index (κ3) is 6.66. The van der Waals surface area contributed by atoms with E-state index in [1.807, 2.05) is 0 Å². The molecule has 0 fully saturated rings. The molecule has 0 unspecified atom stereocenters. The lowest BCUT2D eigenvalue weighted by Crippen LogP contribution is -2.49. The van der Waals surface area contributed by atoms with Crippen LogP contribution in [0.4, 0.5) is 42.8 Å². The van der Waals surface area contributed by atoms with E-state index in [9.17, 15) is 31.1 Å². The van der Waals surface area contributed by atoms with E-state index in [2.05, 4.69) is 20.4 Å². The molecular weight excluding hydrogens is 580 g/mol. The molecule has 1 amide bonds. The van der Waals surface area contributed by atoms with Crippen molar-refractivity contribution in [3.8, 4) is 0 Å². The molecule has 16 heteroatoms. The van der Waals surface area contributed by atoms with Crippen molar-refractivity contribution < 1.29 is 35.9 Å². The molecule has 0 saturated carbocycles. The number of aryl methyl sites for hydroxylation is 1. The van der Waals surface area contributed by atoms with Gasteiger partial charge in [-0.2, -0.15) is 31.1 Å². The van der Waals surface area contributed by atoms with Crippen LogP contribution in [0.2, 0.25) is 5.02 Å². The van der Waals surface area contributed by atoms with Crippen molar-refractivity contribution in [2.45, 2.75) is 70.7 Å². The van der Waals surface area contributed by atoms with Crippen LogP contribution in [0.25, 0.3) is 0 Å². The van der Waals surface area contributed by atoms with Gasteiger partial charge in [0, 0.05) is 17.6 Å². The van der Waals surface area contributed by atoms with Gasteiger partial charge in [0.15, 0.2) is 0 Å². The van der Waals surface area contributed by atoms with Crippen molar-refractivity contribution in [1.29, 1.82) is 0 Å². The van der Waals surface area contributed by atoms with E-state index < -0.39 is 47.9 Å². The molecule has 0 bridgehead atoms. The number of hydrogen-bond acceptors (Lipinski definition) is 7. The molecule has 2 atom stereocenters. The molecule has 1 aliphatic heterocycles. The number of amides is 1. The number of halogens is 7. The van der Waals surface area contributed by atoms with E-state index in [0.29, 0.717) is 6.42 Å². The Balaban J connectivity index is 1.90. The highest BCUT2D eigenvalue weighted by molar-refractivity contribution is 6.30. The summed E-state index contributed by atoms with van der Waals surface area (Å²) >= 11 is 6.01. The first kappa shape index (κ1) is 30.3. The Morgan fingerprint density at radius 3 is 2.41 bits per heavy atom. The largest absolute Gasteiger partial charge is 0.446 e. The third-order valence-corrected chi connectivity index (χ3v) is 6.62. The summed E-state index contributed by atoms with van der Waals surface area (Å²) in [6, 6.07) is 3.31. The standard InChI is InChI=1S/C25H26ClF6N7O2/c1-5-17-11-19(21-18(39(17)23(40)41-13(2)3)6-7-20(33-21)25(30,31)32)38(22-34-36-37(4)35-22)12-14-8-15(24(27,28)29)10-16(26)9-14/h6-10,13,17,19H,5,11-12H2,1-4H3/t17-,19-/m1/s1.